The largest absolute Gasteiger partial charge is 0.377 e. The van der Waals surface area contributed by atoms with Gasteiger partial charge in [0.05, 0.1) is 43.7 Å². The molecule has 1 aromatic heterocycles. The van der Waals surface area contributed by atoms with E-state index in [1.807, 2.05) is 24.3 Å². The Hall–Kier alpha value is -3.24. The number of ether oxygens (including phenoxy) is 1. The van der Waals surface area contributed by atoms with Crippen LogP contribution in [0.2, 0.25) is 0 Å². The van der Waals surface area contributed by atoms with Gasteiger partial charge in [-0.2, -0.15) is 0 Å². The number of anilines is 2. The third-order valence-electron chi connectivity index (χ3n) is 6.43. The molecule has 0 spiro atoms. The van der Waals surface area contributed by atoms with Gasteiger partial charge in [0, 0.05) is 42.4 Å². The standard InChI is InChI=1S/C24H31N7O3/c1-15-14-34-11-10-31(15)23-28-20-13-30(21(32)8-9-25)12-19(20)22(29-23)16-2-4-17(5-3-16)26-24(33)27-18-6-7-18/h2-5,15,18H,6-14,25H2,1H3,(H2,26,27,33)/t15-/m0/s1. The number of aromatic nitrogens is 2. The number of carbonyl (C=O) groups is 2. The summed E-state index contributed by atoms with van der Waals surface area (Å²) >= 11 is 0. The van der Waals surface area contributed by atoms with Crippen molar-refractivity contribution < 1.29 is 14.3 Å². The van der Waals surface area contributed by atoms with Gasteiger partial charge in [-0.15, -0.1) is 0 Å². The lowest BCUT2D eigenvalue weighted by Crippen LogP contribution is -2.44. The number of morpholine rings is 1. The first-order chi connectivity index (χ1) is 16.5. The number of hydrogen-bond acceptors (Lipinski definition) is 7. The number of benzene rings is 1. The van der Waals surface area contributed by atoms with Crippen LogP contribution in [0.5, 0.6) is 0 Å². The van der Waals surface area contributed by atoms with Gasteiger partial charge >= 0.3 is 6.03 Å². The number of nitrogens with two attached hydrogens (primary N) is 1. The highest BCUT2D eigenvalue weighted by atomic mass is 16.5. The number of carbonyl (C=O) groups excluding carboxylic acids is 2. The number of urea groups is 1. The Kier molecular flexibility index (Phi) is 6.34. The zero-order chi connectivity index (χ0) is 23.7. The van der Waals surface area contributed by atoms with Gasteiger partial charge in [-0.1, -0.05) is 12.1 Å². The highest BCUT2D eigenvalue weighted by Crippen LogP contribution is 2.33. The summed E-state index contributed by atoms with van der Waals surface area (Å²) in [5, 5.41) is 5.80. The van der Waals surface area contributed by atoms with Gasteiger partial charge in [0.2, 0.25) is 11.9 Å². The van der Waals surface area contributed by atoms with Crippen molar-refractivity contribution >= 4 is 23.6 Å². The van der Waals surface area contributed by atoms with Crippen LogP contribution in [-0.4, -0.2) is 65.2 Å². The Labute approximate surface area is 198 Å². The summed E-state index contributed by atoms with van der Waals surface area (Å²) in [5.41, 5.74) is 9.89. The summed E-state index contributed by atoms with van der Waals surface area (Å²) in [6, 6.07) is 7.93. The van der Waals surface area contributed by atoms with Crippen molar-refractivity contribution in [3.8, 4) is 11.3 Å². The Balaban J connectivity index is 1.44. The predicted octanol–water partition coefficient (Wildman–Crippen LogP) is 1.84. The average Bonchev–Trinajstić information content (AvgIpc) is 3.53. The molecule has 0 bridgehead atoms. The summed E-state index contributed by atoms with van der Waals surface area (Å²) in [5.74, 6) is 0.678. The molecular weight excluding hydrogens is 434 g/mol. The first kappa shape index (κ1) is 22.5. The van der Waals surface area contributed by atoms with Crippen molar-refractivity contribution in [1.29, 1.82) is 0 Å². The van der Waals surface area contributed by atoms with E-state index in [9.17, 15) is 9.59 Å². The van der Waals surface area contributed by atoms with Crippen LogP contribution >= 0.6 is 0 Å². The SMILES string of the molecule is C[C@H]1COCCN1c1nc2c(c(-c3ccc(NC(=O)NC4CC4)cc3)n1)CN(C(=O)CCN)C2. The second-order valence-corrected chi connectivity index (χ2v) is 9.15. The van der Waals surface area contributed by atoms with Crippen molar-refractivity contribution in [3.05, 3.63) is 35.5 Å². The molecular formula is C24H31N7O3. The predicted molar refractivity (Wildman–Crippen MR) is 128 cm³/mol. The van der Waals surface area contributed by atoms with Crippen LogP contribution in [-0.2, 0) is 22.6 Å². The molecule has 3 aliphatic rings. The Morgan fingerprint density at radius 3 is 2.68 bits per heavy atom. The van der Waals surface area contributed by atoms with Crippen molar-refractivity contribution in [2.24, 2.45) is 5.73 Å². The zero-order valence-electron chi connectivity index (χ0n) is 19.4. The van der Waals surface area contributed by atoms with Crippen LogP contribution in [0.1, 0.15) is 37.4 Å². The van der Waals surface area contributed by atoms with Crippen molar-refractivity contribution in [2.75, 3.05) is 36.5 Å². The fourth-order valence-corrected chi connectivity index (χ4v) is 4.38. The molecule has 2 aliphatic heterocycles. The van der Waals surface area contributed by atoms with E-state index in [2.05, 4.69) is 22.5 Å². The van der Waals surface area contributed by atoms with Gasteiger partial charge in [-0.05, 0) is 31.9 Å². The number of amides is 3. The third kappa shape index (κ3) is 4.83. The van der Waals surface area contributed by atoms with Crippen LogP contribution in [0.15, 0.2) is 24.3 Å². The molecule has 34 heavy (non-hydrogen) atoms. The van der Waals surface area contributed by atoms with E-state index >= 15 is 0 Å². The molecule has 1 saturated carbocycles. The monoisotopic (exact) mass is 465 g/mol. The maximum Gasteiger partial charge on any atom is 0.319 e. The Morgan fingerprint density at radius 2 is 1.97 bits per heavy atom. The molecule has 1 atom stereocenters. The van der Waals surface area contributed by atoms with E-state index in [4.69, 9.17) is 20.4 Å². The van der Waals surface area contributed by atoms with E-state index in [-0.39, 0.29) is 18.0 Å². The van der Waals surface area contributed by atoms with E-state index in [1.165, 1.54) is 0 Å². The lowest BCUT2D eigenvalue weighted by atomic mass is 10.1. The molecule has 2 fully saturated rings. The Bertz CT molecular complexity index is 1070. The summed E-state index contributed by atoms with van der Waals surface area (Å²) < 4.78 is 5.59. The van der Waals surface area contributed by atoms with Crippen LogP contribution in [0.25, 0.3) is 11.3 Å². The lowest BCUT2D eigenvalue weighted by molar-refractivity contribution is -0.131. The van der Waals surface area contributed by atoms with Gasteiger partial charge in [-0.25, -0.2) is 14.8 Å². The molecule has 3 heterocycles. The quantitative estimate of drug-likeness (QED) is 0.594. The smallest absolute Gasteiger partial charge is 0.319 e. The minimum absolute atomic E-state index is 0.0222. The molecule has 3 amide bonds. The van der Waals surface area contributed by atoms with Crippen LogP contribution in [0.4, 0.5) is 16.4 Å². The summed E-state index contributed by atoms with van der Waals surface area (Å²) in [4.78, 5) is 38.4. The maximum atomic E-state index is 12.6. The van der Waals surface area contributed by atoms with Crippen molar-refractivity contribution in [3.63, 3.8) is 0 Å². The summed E-state index contributed by atoms with van der Waals surface area (Å²) in [7, 11) is 0. The molecule has 1 aliphatic carbocycles. The summed E-state index contributed by atoms with van der Waals surface area (Å²) in [6.45, 7) is 5.31. The van der Waals surface area contributed by atoms with Gasteiger partial charge < -0.3 is 30.9 Å². The first-order valence-electron chi connectivity index (χ1n) is 11.9. The molecule has 2 aromatic rings. The van der Waals surface area contributed by atoms with Crippen LogP contribution in [0.3, 0.4) is 0 Å². The van der Waals surface area contributed by atoms with Gasteiger partial charge in [-0.3, -0.25) is 4.79 Å². The number of hydrogen-bond donors (Lipinski definition) is 3. The molecule has 1 aromatic carbocycles. The number of rotatable bonds is 6. The van der Waals surface area contributed by atoms with Crippen LogP contribution in [0, 0.1) is 0 Å². The zero-order valence-corrected chi connectivity index (χ0v) is 19.4. The molecule has 1 saturated heterocycles. The van der Waals surface area contributed by atoms with Crippen molar-refractivity contribution in [1.82, 2.24) is 20.2 Å². The lowest BCUT2D eigenvalue weighted by Gasteiger charge is -2.33. The second-order valence-electron chi connectivity index (χ2n) is 9.15. The van der Waals surface area contributed by atoms with Gasteiger partial charge in [0.15, 0.2) is 0 Å². The number of nitrogens with zero attached hydrogens (tertiary/aromatic N) is 4. The van der Waals surface area contributed by atoms with Gasteiger partial charge in [0.1, 0.15) is 0 Å². The highest BCUT2D eigenvalue weighted by Gasteiger charge is 2.31. The summed E-state index contributed by atoms with van der Waals surface area (Å²) in [6.07, 6.45) is 2.40. The fourth-order valence-electron chi connectivity index (χ4n) is 4.38. The van der Waals surface area contributed by atoms with Crippen LogP contribution < -0.4 is 21.3 Å². The average molecular weight is 466 g/mol. The van der Waals surface area contributed by atoms with Gasteiger partial charge in [0.25, 0.3) is 0 Å². The normalized spacial score (nSPS) is 19.6. The fraction of sp³-hybridized carbons (Fsp3) is 0.500. The third-order valence-corrected chi connectivity index (χ3v) is 6.43. The molecule has 180 valence electrons. The highest BCUT2D eigenvalue weighted by molar-refractivity contribution is 5.90. The number of nitrogens with one attached hydrogen (secondary N) is 2. The van der Waals surface area contributed by atoms with E-state index in [0.717, 1.165) is 41.0 Å². The topological polar surface area (TPSA) is 126 Å². The molecule has 5 rings (SSSR count). The van der Waals surface area contributed by atoms with Crippen molar-refractivity contribution in [2.45, 2.75) is 51.4 Å². The second kappa shape index (κ2) is 9.55. The van der Waals surface area contributed by atoms with E-state index in [0.29, 0.717) is 57.8 Å². The maximum absolute atomic E-state index is 12.6. The molecule has 10 heteroatoms. The molecule has 10 nitrogen and oxygen atoms in total. The minimum atomic E-state index is -0.184. The Morgan fingerprint density at radius 1 is 1.18 bits per heavy atom. The van der Waals surface area contributed by atoms with E-state index < -0.39 is 0 Å². The first-order valence-corrected chi connectivity index (χ1v) is 11.9. The molecule has 0 radical (unpaired) electrons. The molecule has 0 unspecified atom stereocenters. The molecule has 4 N–H and O–H groups in total. The minimum Gasteiger partial charge on any atom is -0.377 e. The number of fused-ring (bicyclic) bond motifs is 1. The van der Waals surface area contributed by atoms with E-state index in [1.54, 1.807) is 4.90 Å².